The van der Waals surface area contributed by atoms with E-state index in [9.17, 15) is 45.6 Å². The van der Waals surface area contributed by atoms with Gasteiger partial charge in [-0.05, 0) is 62.0 Å². The number of amides is 5. The van der Waals surface area contributed by atoms with Crippen molar-refractivity contribution in [3.05, 3.63) is 35.1 Å². The summed E-state index contributed by atoms with van der Waals surface area (Å²) in [6.45, 7) is 4.66. The highest BCUT2D eigenvalue weighted by molar-refractivity contribution is 7.91. The van der Waals surface area contributed by atoms with E-state index in [1.807, 2.05) is 4.72 Å². The zero-order chi connectivity index (χ0) is 37.7. The Kier molecular flexibility index (Phi) is 10.2. The zero-order valence-electron chi connectivity index (χ0n) is 29.2. The smallest absolute Gasteiger partial charge is 0.410 e. The molecule has 5 aliphatic rings. The topological polar surface area (TPSA) is 181 Å². The number of likely N-dealkylation sites (tertiary alicyclic amines) is 1. The fourth-order valence-corrected chi connectivity index (χ4v) is 8.63. The summed E-state index contributed by atoms with van der Waals surface area (Å²) >= 11 is 0. The molecule has 286 valence electrons. The van der Waals surface area contributed by atoms with Crippen molar-refractivity contribution >= 4 is 39.9 Å². The Hall–Kier alpha value is -4.09. The number of alkyl carbamates (subject to hydrolysis) is 1. The Balaban J connectivity index is 1.23. The molecule has 0 aromatic heterocycles. The SMILES string of the molecule is CC(C)(C)[C@H](NC(=O)OC1CCCC1)C(=O)N1C[C@H](OC(=O)N2Cc3cccc(F)c3C2)CC1C(=O)N[C@@]1(C(=O)NS(=O)(=O)C2CC2)C[C@H]1C(F)F. The molecule has 1 aromatic carbocycles. The molecule has 1 aromatic rings. The Morgan fingerprint density at radius 2 is 1.67 bits per heavy atom. The maximum Gasteiger partial charge on any atom is 0.410 e. The predicted molar refractivity (Wildman–Crippen MR) is 176 cm³/mol. The van der Waals surface area contributed by atoms with Crippen LogP contribution in [0.1, 0.15) is 83.3 Å². The number of benzene rings is 1. The van der Waals surface area contributed by atoms with Crippen LogP contribution in [0.2, 0.25) is 0 Å². The molecule has 3 saturated carbocycles. The van der Waals surface area contributed by atoms with Gasteiger partial charge in [0, 0.05) is 18.5 Å². The number of halogens is 3. The van der Waals surface area contributed by atoms with Gasteiger partial charge < -0.3 is 25.0 Å². The molecule has 0 radical (unpaired) electrons. The molecule has 14 nitrogen and oxygen atoms in total. The second kappa shape index (κ2) is 14.0. The Labute approximate surface area is 299 Å². The van der Waals surface area contributed by atoms with Crippen LogP contribution in [0.25, 0.3) is 0 Å². The average molecular weight is 756 g/mol. The standard InChI is InChI=1S/C34H44F3N5O9S/c1-33(2,3)26(38-31(46)50-19-8-4-5-9-19)29(44)42-16-20(51-32(47)41-15-18-7-6-10-24(35)22(18)17-41)13-25(42)28(43)39-34(14-23(34)27(36)37)30(45)40-52(48,49)21-11-12-21/h6-7,10,19-21,23,25-27H,4-5,8-9,11-17H2,1-3H3,(H,38,46)(H,39,43)(H,40,45)/t20-,23+,25?,26-,34+/m1/s1. The molecular weight excluding hydrogens is 711 g/mol. The van der Waals surface area contributed by atoms with Crippen molar-refractivity contribution in [3.63, 3.8) is 0 Å². The Morgan fingerprint density at radius 3 is 2.27 bits per heavy atom. The van der Waals surface area contributed by atoms with Crippen LogP contribution >= 0.6 is 0 Å². The number of carbonyl (C=O) groups is 5. The summed E-state index contributed by atoms with van der Waals surface area (Å²) in [5, 5.41) is 4.10. The summed E-state index contributed by atoms with van der Waals surface area (Å²) in [5.41, 5.74) is -2.29. The van der Waals surface area contributed by atoms with Crippen molar-refractivity contribution in [2.75, 3.05) is 6.54 Å². The van der Waals surface area contributed by atoms with E-state index in [-0.39, 0.29) is 32.2 Å². The van der Waals surface area contributed by atoms with Crippen molar-refractivity contribution in [1.82, 2.24) is 25.2 Å². The summed E-state index contributed by atoms with van der Waals surface area (Å²) in [4.78, 5) is 70.1. The minimum atomic E-state index is -4.16. The highest BCUT2D eigenvalue weighted by Gasteiger charge is 2.67. The normalized spacial score (nSPS) is 26.5. The van der Waals surface area contributed by atoms with E-state index in [1.165, 1.54) is 17.0 Å². The van der Waals surface area contributed by atoms with Crippen molar-refractivity contribution in [1.29, 1.82) is 0 Å². The van der Waals surface area contributed by atoms with E-state index in [1.54, 1.807) is 26.8 Å². The lowest BCUT2D eigenvalue weighted by Crippen LogP contribution is -2.60. The van der Waals surface area contributed by atoms with E-state index in [4.69, 9.17) is 9.47 Å². The number of hydrogen-bond acceptors (Lipinski definition) is 9. The van der Waals surface area contributed by atoms with Crippen LogP contribution in [0.4, 0.5) is 22.8 Å². The van der Waals surface area contributed by atoms with Gasteiger partial charge in [0.1, 0.15) is 35.6 Å². The minimum absolute atomic E-state index is 0.0563. The molecule has 18 heteroatoms. The highest BCUT2D eigenvalue weighted by Crippen LogP contribution is 2.48. The van der Waals surface area contributed by atoms with E-state index in [0.29, 0.717) is 36.8 Å². The van der Waals surface area contributed by atoms with E-state index < -0.39 is 98.9 Å². The van der Waals surface area contributed by atoms with Crippen LogP contribution < -0.4 is 15.4 Å². The largest absolute Gasteiger partial charge is 0.446 e. The molecule has 5 atom stereocenters. The van der Waals surface area contributed by atoms with Crippen molar-refractivity contribution in [3.8, 4) is 0 Å². The second-order valence-electron chi connectivity index (χ2n) is 15.5. The van der Waals surface area contributed by atoms with Gasteiger partial charge in [-0.1, -0.05) is 32.9 Å². The third-order valence-electron chi connectivity index (χ3n) is 10.5. The number of carbonyl (C=O) groups excluding carboxylic acids is 5. The lowest BCUT2D eigenvalue weighted by Gasteiger charge is -2.35. The van der Waals surface area contributed by atoms with E-state index >= 15 is 0 Å². The summed E-state index contributed by atoms with van der Waals surface area (Å²) < 4.78 is 80.6. The Bertz CT molecular complexity index is 1730. The van der Waals surface area contributed by atoms with Crippen LogP contribution in [0.15, 0.2) is 18.2 Å². The van der Waals surface area contributed by atoms with Gasteiger partial charge in [-0.2, -0.15) is 0 Å². The zero-order valence-corrected chi connectivity index (χ0v) is 30.0. The fraction of sp³-hybridized carbons (Fsp3) is 0.676. The molecule has 0 spiro atoms. The first-order valence-corrected chi connectivity index (χ1v) is 19.1. The van der Waals surface area contributed by atoms with Crippen LogP contribution in [-0.2, 0) is 47.0 Å². The summed E-state index contributed by atoms with van der Waals surface area (Å²) in [5.74, 6) is -5.30. The molecule has 5 amide bonds. The molecular formula is C34H44F3N5O9S. The van der Waals surface area contributed by atoms with Crippen molar-refractivity contribution in [2.24, 2.45) is 11.3 Å². The molecule has 0 bridgehead atoms. The lowest BCUT2D eigenvalue weighted by molar-refractivity contribution is -0.143. The predicted octanol–water partition coefficient (Wildman–Crippen LogP) is 3.08. The monoisotopic (exact) mass is 755 g/mol. The van der Waals surface area contributed by atoms with Crippen LogP contribution in [0.3, 0.4) is 0 Å². The number of ether oxygens (including phenoxy) is 2. The molecule has 1 unspecified atom stereocenters. The number of sulfonamides is 1. The van der Waals surface area contributed by atoms with Gasteiger partial charge in [-0.15, -0.1) is 0 Å². The molecule has 6 rings (SSSR count). The Morgan fingerprint density at radius 1 is 0.981 bits per heavy atom. The number of fused-ring (bicyclic) bond motifs is 1. The van der Waals surface area contributed by atoms with Gasteiger partial charge in [0.15, 0.2) is 0 Å². The molecule has 2 heterocycles. The second-order valence-corrected chi connectivity index (χ2v) is 17.5. The van der Waals surface area contributed by atoms with E-state index in [2.05, 4.69) is 10.6 Å². The molecule has 2 aliphatic heterocycles. The molecule has 3 aliphatic carbocycles. The number of nitrogens with zero attached hydrogens (tertiary/aromatic N) is 2. The van der Waals surface area contributed by atoms with Crippen LogP contribution in [-0.4, -0.2) is 96.2 Å². The fourth-order valence-electron chi connectivity index (χ4n) is 7.26. The van der Waals surface area contributed by atoms with Gasteiger partial charge in [0.2, 0.25) is 28.3 Å². The summed E-state index contributed by atoms with van der Waals surface area (Å²) in [7, 11) is -4.16. The first-order chi connectivity index (χ1) is 24.4. The first-order valence-electron chi connectivity index (χ1n) is 17.6. The maximum atomic E-state index is 14.4. The number of rotatable bonds is 10. The van der Waals surface area contributed by atoms with Crippen LogP contribution in [0.5, 0.6) is 0 Å². The summed E-state index contributed by atoms with van der Waals surface area (Å²) in [6.07, 6.45) is -3.34. The molecule has 4 fully saturated rings. The maximum absolute atomic E-state index is 14.4. The molecule has 1 saturated heterocycles. The molecule has 52 heavy (non-hydrogen) atoms. The number of hydrogen-bond donors (Lipinski definition) is 3. The third-order valence-corrected chi connectivity index (χ3v) is 12.3. The van der Waals surface area contributed by atoms with E-state index in [0.717, 1.165) is 17.7 Å². The van der Waals surface area contributed by atoms with Gasteiger partial charge >= 0.3 is 12.2 Å². The van der Waals surface area contributed by atoms with Gasteiger partial charge in [0.25, 0.3) is 5.91 Å². The summed E-state index contributed by atoms with van der Waals surface area (Å²) in [6, 6.07) is 1.71. The lowest BCUT2D eigenvalue weighted by atomic mass is 9.85. The number of nitrogens with one attached hydrogen (secondary N) is 3. The van der Waals surface area contributed by atoms with Gasteiger partial charge in [-0.3, -0.25) is 24.0 Å². The first kappa shape index (κ1) is 37.7. The van der Waals surface area contributed by atoms with Crippen molar-refractivity contribution in [2.45, 2.75) is 127 Å². The van der Waals surface area contributed by atoms with Crippen LogP contribution in [0, 0.1) is 17.2 Å². The van der Waals surface area contributed by atoms with Gasteiger partial charge in [-0.25, -0.2) is 31.2 Å². The highest BCUT2D eigenvalue weighted by atomic mass is 32.2. The number of alkyl halides is 2. The quantitative estimate of drug-likeness (QED) is 0.324. The van der Waals surface area contributed by atoms with Crippen molar-refractivity contribution < 1.29 is 55.0 Å². The third kappa shape index (κ3) is 7.81. The minimum Gasteiger partial charge on any atom is -0.446 e. The average Bonchev–Trinajstić information content (AvgIpc) is 3.87. The van der Waals surface area contributed by atoms with Gasteiger partial charge in [0.05, 0.1) is 24.3 Å². The molecule has 3 N–H and O–H groups in total.